The molecule has 7 nitrogen and oxygen atoms in total. The number of halogens is 2. The smallest absolute Gasteiger partial charge is 0.334 e. The fraction of sp³-hybridized carbons (Fsp3) is 0.167. The highest BCUT2D eigenvalue weighted by molar-refractivity contribution is 6.42. The van der Waals surface area contributed by atoms with Crippen molar-refractivity contribution in [3.63, 3.8) is 0 Å². The SMILES string of the molecule is CC1=C(C(=O)O)C(c2cccc(Cl)c2Cl)C(C(=O)O)=C(Cc2ncc[nH]2)N1. The molecular weight excluding hydrogens is 393 g/mol. The van der Waals surface area contributed by atoms with Gasteiger partial charge in [0.1, 0.15) is 5.82 Å². The number of imidazole rings is 1. The van der Waals surface area contributed by atoms with Crippen LogP contribution >= 0.6 is 23.2 Å². The van der Waals surface area contributed by atoms with E-state index in [-0.39, 0.29) is 27.6 Å². The highest BCUT2D eigenvalue weighted by atomic mass is 35.5. The summed E-state index contributed by atoms with van der Waals surface area (Å²) in [6.45, 7) is 1.58. The van der Waals surface area contributed by atoms with E-state index in [1.165, 1.54) is 0 Å². The number of carbonyl (C=O) groups is 2. The van der Waals surface area contributed by atoms with E-state index in [4.69, 9.17) is 23.2 Å². The lowest BCUT2D eigenvalue weighted by molar-refractivity contribution is -0.133. The normalized spacial score (nSPS) is 17.1. The number of hydrogen-bond donors (Lipinski definition) is 4. The number of benzene rings is 1. The van der Waals surface area contributed by atoms with Crippen LogP contribution in [-0.2, 0) is 16.0 Å². The minimum atomic E-state index is -1.25. The summed E-state index contributed by atoms with van der Waals surface area (Å²) in [6, 6.07) is 4.74. The first-order valence-electron chi connectivity index (χ1n) is 7.90. The van der Waals surface area contributed by atoms with Crippen LogP contribution in [0, 0.1) is 0 Å². The predicted molar refractivity (Wildman–Crippen MR) is 99.6 cm³/mol. The van der Waals surface area contributed by atoms with E-state index in [0.717, 1.165) is 0 Å². The molecular formula is C18H15Cl2N3O4. The molecule has 4 N–H and O–H groups in total. The first-order valence-corrected chi connectivity index (χ1v) is 8.66. The van der Waals surface area contributed by atoms with Crippen LogP contribution in [0.5, 0.6) is 0 Å². The number of allylic oxidation sites excluding steroid dienone is 2. The van der Waals surface area contributed by atoms with E-state index in [2.05, 4.69) is 15.3 Å². The minimum absolute atomic E-state index is 0.0974. The van der Waals surface area contributed by atoms with Gasteiger partial charge < -0.3 is 20.5 Å². The van der Waals surface area contributed by atoms with Crippen LogP contribution in [0.4, 0.5) is 0 Å². The molecule has 0 fully saturated rings. The standard InChI is InChI=1S/C18H15Cl2N3O4/c1-8-13(17(24)25)14(9-3-2-4-10(19)16(9)20)15(18(26)27)11(23-8)7-12-21-5-6-22-12/h2-6,14,23H,7H2,1H3,(H,21,22)(H,24,25)(H,26,27). The van der Waals surface area contributed by atoms with Crippen molar-refractivity contribution in [2.24, 2.45) is 0 Å². The number of carboxylic acids is 2. The topological polar surface area (TPSA) is 115 Å². The number of aromatic amines is 1. The fourth-order valence-electron chi connectivity index (χ4n) is 3.19. The quantitative estimate of drug-likeness (QED) is 0.603. The number of carboxylic acid groups (broad SMARTS) is 2. The first kappa shape index (κ1) is 19.0. The van der Waals surface area contributed by atoms with E-state index >= 15 is 0 Å². The molecule has 1 aromatic carbocycles. The first-order chi connectivity index (χ1) is 12.8. The second-order valence-corrected chi connectivity index (χ2v) is 6.74. The highest BCUT2D eigenvalue weighted by Gasteiger charge is 2.38. The summed E-state index contributed by atoms with van der Waals surface area (Å²) in [6.07, 6.45) is 3.33. The Labute approximate surface area is 164 Å². The Morgan fingerprint density at radius 2 is 1.89 bits per heavy atom. The number of H-pyrrole nitrogens is 1. The third-order valence-electron chi connectivity index (χ3n) is 4.30. The van der Waals surface area contributed by atoms with Crippen LogP contribution in [-0.4, -0.2) is 32.1 Å². The monoisotopic (exact) mass is 407 g/mol. The minimum Gasteiger partial charge on any atom is -0.478 e. The van der Waals surface area contributed by atoms with E-state index < -0.39 is 17.9 Å². The van der Waals surface area contributed by atoms with Crippen molar-refractivity contribution in [1.29, 1.82) is 0 Å². The van der Waals surface area contributed by atoms with Crippen LogP contribution < -0.4 is 5.32 Å². The summed E-state index contributed by atoms with van der Waals surface area (Å²) in [5.41, 5.74) is 0.770. The van der Waals surface area contributed by atoms with E-state index in [0.29, 0.717) is 22.8 Å². The van der Waals surface area contributed by atoms with Gasteiger partial charge in [-0.15, -0.1) is 0 Å². The van der Waals surface area contributed by atoms with Crippen molar-refractivity contribution in [2.45, 2.75) is 19.3 Å². The second-order valence-electron chi connectivity index (χ2n) is 5.95. The summed E-state index contributed by atoms with van der Waals surface area (Å²) in [5, 5.41) is 22.9. The average Bonchev–Trinajstić information content (AvgIpc) is 3.09. The molecule has 1 aromatic heterocycles. The van der Waals surface area contributed by atoms with Gasteiger partial charge in [-0.1, -0.05) is 35.3 Å². The van der Waals surface area contributed by atoms with Gasteiger partial charge in [0, 0.05) is 30.2 Å². The maximum absolute atomic E-state index is 12.1. The molecule has 1 aliphatic heterocycles. The van der Waals surface area contributed by atoms with Gasteiger partial charge in [0.15, 0.2) is 0 Å². The highest BCUT2D eigenvalue weighted by Crippen LogP contribution is 2.43. The largest absolute Gasteiger partial charge is 0.478 e. The van der Waals surface area contributed by atoms with Crippen LogP contribution in [0.3, 0.4) is 0 Å². The van der Waals surface area contributed by atoms with Gasteiger partial charge in [-0.25, -0.2) is 14.6 Å². The molecule has 2 aromatic rings. The Balaban J connectivity index is 2.25. The van der Waals surface area contributed by atoms with Gasteiger partial charge in [-0.05, 0) is 18.6 Å². The van der Waals surface area contributed by atoms with Gasteiger partial charge in [-0.2, -0.15) is 0 Å². The molecule has 0 radical (unpaired) electrons. The van der Waals surface area contributed by atoms with Crippen molar-refractivity contribution in [3.8, 4) is 0 Å². The number of aromatic nitrogens is 2. The number of rotatable bonds is 5. The Hall–Kier alpha value is -2.77. The number of aliphatic carboxylic acids is 2. The molecule has 3 rings (SSSR count). The van der Waals surface area contributed by atoms with E-state index in [1.807, 2.05) is 0 Å². The zero-order valence-corrected chi connectivity index (χ0v) is 15.6. The lowest BCUT2D eigenvalue weighted by Crippen LogP contribution is -2.33. The maximum Gasteiger partial charge on any atom is 0.334 e. The number of nitrogens with one attached hydrogen (secondary N) is 2. The van der Waals surface area contributed by atoms with Gasteiger partial charge in [0.25, 0.3) is 0 Å². The summed E-state index contributed by atoms with van der Waals surface area (Å²) in [7, 11) is 0. The Morgan fingerprint density at radius 1 is 1.19 bits per heavy atom. The molecule has 1 unspecified atom stereocenters. The molecule has 0 spiro atoms. The summed E-state index contributed by atoms with van der Waals surface area (Å²) < 4.78 is 0. The van der Waals surface area contributed by atoms with Gasteiger partial charge in [0.05, 0.1) is 27.1 Å². The second kappa shape index (κ2) is 7.46. The number of nitrogens with zero attached hydrogens (tertiary/aromatic N) is 1. The van der Waals surface area contributed by atoms with Crippen molar-refractivity contribution in [2.75, 3.05) is 0 Å². The fourth-order valence-corrected chi connectivity index (χ4v) is 3.61. The zero-order valence-electron chi connectivity index (χ0n) is 14.1. The lowest BCUT2D eigenvalue weighted by Gasteiger charge is -2.30. The molecule has 2 heterocycles. The van der Waals surface area contributed by atoms with E-state index in [1.54, 1.807) is 37.5 Å². The number of dihydropyridines is 1. The molecule has 140 valence electrons. The van der Waals surface area contributed by atoms with Crippen LogP contribution in [0.25, 0.3) is 0 Å². The van der Waals surface area contributed by atoms with Crippen LogP contribution in [0.15, 0.2) is 53.1 Å². The molecule has 0 saturated heterocycles. The molecule has 0 bridgehead atoms. The summed E-state index contributed by atoms with van der Waals surface area (Å²) in [5.74, 6) is -3.04. The Kier molecular flexibility index (Phi) is 5.25. The summed E-state index contributed by atoms with van der Waals surface area (Å²) >= 11 is 12.4. The van der Waals surface area contributed by atoms with E-state index in [9.17, 15) is 19.8 Å². The third kappa shape index (κ3) is 3.56. The molecule has 27 heavy (non-hydrogen) atoms. The molecule has 0 amide bonds. The average molecular weight is 408 g/mol. The third-order valence-corrected chi connectivity index (χ3v) is 5.13. The van der Waals surface area contributed by atoms with Crippen molar-refractivity contribution >= 4 is 35.1 Å². The maximum atomic E-state index is 12.1. The Morgan fingerprint density at radius 3 is 2.48 bits per heavy atom. The van der Waals surface area contributed by atoms with Crippen molar-refractivity contribution in [1.82, 2.24) is 15.3 Å². The van der Waals surface area contributed by atoms with Crippen LogP contribution in [0.1, 0.15) is 24.2 Å². The number of hydrogen-bond acceptors (Lipinski definition) is 4. The van der Waals surface area contributed by atoms with Crippen LogP contribution in [0.2, 0.25) is 10.0 Å². The molecule has 9 heteroatoms. The lowest BCUT2D eigenvalue weighted by atomic mass is 9.79. The zero-order chi connectivity index (χ0) is 19.7. The molecule has 1 atom stereocenters. The van der Waals surface area contributed by atoms with Gasteiger partial charge >= 0.3 is 11.9 Å². The predicted octanol–water partition coefficient (Wildman–Crippen LogP) is 3.34. The van der Waals surface area contributed by atoms with Gasteiger partial charge in [0.2, 0.25) is 0 Å². The summed E-state index contributed by atoms with van der Waals surface area (Å²) in [4.78, 5) is 31.1. The van der Waals surface area contributed by atoms with Gasteiger partial charge in [-0.3, -0.25) is 0 Å². The van der Waals surface area contributed by atoms with Crippen molar-refractivity contribution < 1.29 is 19.8 Å². The molecule has 0 saturated carbocycles. The van der Waals surface area contributed by atoms with Crippen molar-refractivity contribution in [3.05, 3.63) is 74.6 Å². The Bertz CT molecular complexity index is 980. The molecule has 1 aliphatic rings. The molecule has 0 aliphatic carbocycles.